The highest BCUT2D eigenvalue weighted by atomic mass is 19.1. The van der Waals surface area contributed by atoms with Gasteiger partial charge in [0.15, 0.2) is 0 Å². The Morgan fingerprint density at radius 1 is 0.846 bits per heavy atom. The van der Waals surface area contributed by atoms with Crippen LogP contribution in [0.4, 0.5) is 21.7 Å². The molecule has 0 amide bonds. The van der Waals surface area contributed by atoms with E-state index in [2.05, 4.69) is 52.6 Å². The topological polar surface area (TPSA) is 49.8 Å². The Bertz CT molecular complexity index is 871. The highest BCUT2D eigenvalue weighted by Gasteiger charge is 2.04. The van der Waals surface area contributed by atoms with Crippen molar-refractivity contribution in [1.82, 2.24) is 9.97 Å². The fraction of sp³-hybridized carbons (Fsp3) is 0.238. The molecule has 26 heavy (non-hydrogen) atoms. The lowest BCUT2D eigenvalue weighted by Crippen LogP contribution is -2.08. The van der Waals surface area contributed by atoms with E-state index < -0.39 is 0 Å². The van der Waals surface area contributed by atoms with Gasteiger partial charge in [0.2, 0.25) is 0 Å². The van der Waals surface area contributed by atoms with E-state index in [1.54, 1.807) is 12.1 Å². The highest BCUT2D eigenvalue weighted by molar-refractivity contribution is 5.60. The van der Waals surface area contributed by atoms with Crippen molar-refractivity contribution in [2.75, 3.05) is 17.2 Å². The minimum atomic E-state index is -0.213. The number of anilines is 3. The first kappa shape index (κ1) is 17.9. The van der Waals surface area contributed by atoms with Gasteiger partial charge in [-0.3, -0.25) is 0 Å². The number of benzene rings is 2. The maximum Gasteiger partial charge on any atom is 0.136 e. The number of nitrogens with one attached hydrogen (secondary N) is 2. The zero-order valence-corrected chi connectivity index (χ0v) is 15.3. The standard InChI is InChI=1S/C21H23FN4/c1-14-10-15(2)12-19(11-14)26-21-13-20(24-16(3)25-21)23-9-8-17-4-6-18(22)7-5-17/h4-7,10-13H,8-9H2,1-3H3,(H2,23,24,25,26). The van der Waals surface area contributed by atoms with Gasteiger partial charge in [0.25, 0.3) is 0 Å². The molecule has 4 nitrogen and oxygen atoms in total. The van der Waals surface area contributed by atoms with Crippen LogP contribution >= 0.6 is 0 Å². The third-order valence-corrected chi connectivity index (χ3v) is 3.97. The molecule has 0 bridgehead atoms. The molecule has 3 aromatic rings. The smallest absolute Gasteiger partial charge is 0.136 e. The van der Waals surface area contributed by atoms with E-state index in [1.165, 1.54) is 23.3 Å². The first-order valence-corrected chi connectivity index (χ1v) is 8.67. The van der Waals surface area contributed by atoms with Crippen LogP contribution in [0.15, 0.2) is 48.5 Å². The largest absolute Gasteiger partial charge is 0.370 e. The number of rotatable bonds is 6. The minimum absolute atomic E-state index is 0.213. The van der Waals surface area contributed by atoms with Gasteiger partial charge in [0, 0.05) is 18.3 Å². The van der Waals surface area contributed by atoms with Gasteiger partial charge >= 0.3 is 0 Å². The van der Waals surface area contributed by atoms with Gasteiger partial charge < -0.3 is 10.6 Å². The van der Waals surface area contributed by atoms with E-state index in [0.29, 0.717) is 12.4 Å². The summed E-state index contributed by atoms with van der Waals surface area (Å²) < 4.78 is 13.0. The van der Waals surface area contributed by atoms with Gasteiger partial charge in [-0.15, -0.1) is 0 Å². The molecule has 0 atom stereocenters. The third-order valence-electron chi connectivity index (χ3n) is 3.97. The number of aromatic nitrogens is 2. The summed E-state index contributed by atoms with van der Waals surface area (Å²) in [4.78, 5) is 8.89. The molecule has 2 N–H and O–H groups in total. The van der Waals surface area contributed by atoms with Crippen molar-refractivity contribution in [2.24, 2.45) is 0 Å². The lowest BCUT2D eigenvalue weighted by Gasteiger charge is -2.11. The maximum absolute atomic E-state index is 13.0. The van der Waals surface area contributed by atoms with E-state index in [4.69, 9.17) is 0 Å². The van der Waals surface area contributed by atoms with Crippen molar-refractivity contribution < 1.29 is 4.39 Å². The number of nitrogens with zero attached hydrogens (tertiary/aromatic N) is 2. The van der Waals surface area contributed by atoms with Gasteiger partial charge in [-0.25, -0.2) is 14.4 Å². The summed E-state index contributed by atoms with van der Waals surface area (Å²) in [6.07, 6.45) is 0.795. The second-order valence-electron chi connectivity index (χ2n) is 6.49. The Kier molecular flexibility index (Phi) is 5.46. The summed E-state index contributed by atoms with van der Waals surface area (Å²) >= 11 is 0. The molecule has 0 saturated heterocycles. The van der Waals surface area contributed by atoms with Crippen LogP contribution in [0, 0.1) is 26.6 Å². The van der Waals surface area contributed by atoms with Crippen LogP contribution < -0.4 is 10.6 Å². The van der Waals surface area contributed by atoms with Crippen molar-refractivity contribution in [3.8, 4) is 0 Å². The van der Waals surface area contributed by atoms with Crippen molar-refractivity contribution >= 4 is 17.3 Å². The summed E-state index contributed by atoms with van der Waals surface area (Å²) in [6.45, 7) is 6.74. The number of halogens is 1. The summed E-state index contributed by atoms with van der Waals surface area (Å²) in [6, 6.07) is 14.8. The van der Waals surface area contributed by atoms with Crippen LogP contribution in [-0.2, 0) is 6.42 Å². The second-order valence-corrected chi connectivity index (χ2v) is 6.49. The normalized spacial score (nSPS) is 10.6. The third kappa shape index (κ3) is 5.02. The Morgan fingerprint density at radius 3 is 2.19 bits per heavy atom. The predicted molar refractivity (Wildman–Crippen MR) is 105 cm³/mol. The van der Waals surface area contributed by atoms with Gasteiger partial charge in [0.1, 0.15) is 23.3 Å². The molecule has 0 spiro atoms. The molecule has 3 rings (SSSR count). The molecular formula is C21H23FN4. The molecule has 2 aromatic carbocycles. The maximum atomic E-state index is 13.0. The number of aryl methyl sites for hydroxylation is 3. The van der Waals surface area contributed by atoms with E-state index in [0.717, 1.165) is 29.3 Å². The number of hydrogen-bond acceptors (Lipinski definition) is 4. The van der Waals surface area contributed by atoms with E-state index in [1.807, 2.05) is 13.0 Å². The van der Waals surface area contributed by atoms with Crippen molar-refractivity contribution in [3.63, 3.8) is 0 Å². The van der Waals surface area contributed by atoms with Gasteiger partial charge in [-0.1, -0.05) is 18.2 Å². The SMILES string of the molecule is Cc1cc(C)cc(Nc2cc(NCCc3ccc(F)cc3)nc(C)n2)c1. The lowest BCUT2D eigenvalue weighted by molar-refractivity contribution is 0.627. The molecule has 5 heteroatoms. The zero-order valence-electron chi connectivity index (χ0n) is 15.3. The summed E-state index contributed by atoms with van der Waals surface area (Å²) in [7, 11) is 0. The monoisotopic (exact) mass is 350 g/mol. The predicted octanol–water partition coefficient (Wildman–Crippen LogP) is 4.94. The number of hydrogen-bond donors (Lipinski definition) is 2. The Morgan fingerprint density at radius 2 is 1.50 bits per heavy atom. The Hall–Kier alpha value is -2.95. The van der Waals surface area contributed by atoms with Crippen LogP contribution in [0.5, 0.6) is 0 Å². The minimum Gasteiger partial charge on any atom is -0.370 e. The summed E-state index contributed by atoms with van der Waals surface area (Å²) in [5, 5.41) is 6.66. The van der Waals surface area contributed by atoms with Crippen molar-refractivity contribution in [2.45, 2.75) is 27.2 Å². The van der Waals surface area contributed by atoms with E-state index >= 15 is 0 Å². The molecule has 0 saturated carbocycles. The molecule has 0 radical (unpaired) electrons. The fourth-order valence-electron chi connectivity index (χ4n) is 2.90. The van der Waals surface area contributed by atoms with Crippen LogP contribution in [0.3, 0.4) is 0 Å². The average molecular weight is 350 g/mol. The first-order chi connectivity index (χ1) is 12.5. The fourth-order valence-corrected chi connectivity index (χ4v) is 2.90. The lowest BCUT2D eigenvalue weighted by atomic mass is 10.1. The quantitative estimate of drug-likeness (QED) is 0.661. The first-order valence-electron chi connectivity index (χ1n) is 8.67. The van der Waals surface area contributed by atoms with Gasteiger partial charge in [-0.05, 0) is 68.1 Å². The molecule has 134 valence electrons. The molecule has 0 aliphatic rings. The molecule has 1 heterocycles. The van der Waals surface area contributed by atoms with Crippen molar-refractivity contribution in [3.05, 3.63) is 76.9 Å². The average Bonchev–Trinajstić information content (AvgIpc) is 2.55. The molecular weight excluding hydrogens is 327 g/mol. The molecule has 0 fully saturated rings. The van der Waals surface area contributed by atoms with E-state index in [9.17, 15) is 4.39 Å². The van der Waals surface area contributed by atoms with Gasteiger partial charge in [-0.2, -0.15) is 0 Å². The molecule has 0 aliphatic carbocycles. The Balaban J connectivity index is 1.66. The second kappa shape index (κ2) is 7.95. The summed E-state index contributed by atoms with van der Waals surface area (Å²) in [5.41, 5.74) is 4.50. The highest BCUT2D eigenvalue weighted by Crippen LogP contribution is 2.20. The molecule has 0 unspecified atom stereocenters. The van der Waals surface area contributed by atoms with Crippen LogP contribution in [0.2, 0.25) is 0 Å². The van der Waals surface area contributed by atoms with Crippen LogP contribution in [0.25, 0.3) is 0 Å². The van der Waals surface area contributed by atoms with E-state index in [-0.39, 0.29) is 5.82 Å². The van der Waals surface area contributed by atoms with Crippen molar-refractivity contribution in [1.29, 1.82) is 0 Å². The summed E-state index contributed by atoms with van der Waals surface area (Å²) in [5.74, 6) is 2.01. The molecule has 0 aliphatic heterocycles. The Labute approximate surface area is 153 Å². The van der Waals surface area contributed by atoms with Gasteiger partial charge in [0.05, 0.1) is 0 Å². The zero-order chi connectivity index (χ0) is 18.5. The van der Waals surface area contributed by atoms with Crippen LogP contribution in [-0.4, -0.2) is 16.5 Å². The molecule has 1 aromatic heterocycles. The van der Waals surface area contributed by atoms with Crippen LogP contribution in [0.1, 0.15) is 22.5 Å².